The molecule has 0 atom stereocenters. The molecule has 0 spiro atoms. The van der Waals surface area contributed by atoms with Gasteiger partial charge in [0.2, 0.25) is 0 Å². The zero-order chi connectivity index (χ0) is 22.3. The van der Waals surface area contributed by atoms with Gasteiger partial charge in [0.25, 0.3) is 0 Å². The average molecular weight is 469 g/mol. The van der Waals surface area contributed by atoms with Gasteiger partial charge in [-0.3, -0.25) is 4.79 Å². The maximum absolute atomic E-state index is 12.7. The molecule has 0 N–H and O–H groups in total. The predicted molar refractivity (Wildman–Crippen MR) is 121 cm³/mol. The van der Waals surface area contributed by atoms with Crippen LogP contribution in [0.1, 0.15) is 31.7 Å². The minimum absolute atomic E-state index is 0.152. The standard InChI is InChI=1S/C23H27F3N2OS2/c1-2-14-28(19-12-15-27(16-13-19)22(29)23(24,25)26)31-21-10-8-20(9-11-21)30-17-18-6-4-3-5-7-18/h3-11,19H,2,12-17H2,1H3. The molecule has 1 fully saturated rings. The Labute approximate surface area is 190 Å². The molecule has 8 heteroatoms. The Morgan fingerprint density at radius 3 is 2.23 bits per heavy atom. The normalized spacial score (nSPS) is 15.5. The number of thioether (sulfide) groups is 1. The lowest BCUT2D eigenvalue weighted by Crippen LogP contribution is -2.49. The molecule has 0 bridgehead atoms. The summed E-state index contributed by atoms with van der Waals surface area (Å²) in [6, 6.07) is 18.9. The molecular weight excluding hydrogens is 441 g/mol. The molecule has 2 aromatic rings. The van der Waals surface area contributed by atoms with Gasteiger partial charge in [-0.25, -0.2) is 4.31 Å². The van der Waals surface area contributed by atoms with E-state index in [1.807, 2.05) is 18.2 Å². The lowest BCUT2D eigenvalue weighted by Gasteiger charge is -2.37. The van der Waals surface area contributed by atoms with Crippen molar-refractivity contribution in [3.63, 3.8) is 0 Å². The monoisotopic (exact) mass is 468 g/mol. The van der Waals surface area contributed by atoms with Gasteiger partial charge in [-0.05, 0) is 61.0 Å². The van der Waals surface area contributed by atoms with Crippen LogP contribution in [0.25, 0.3) is 0 Å². The van der Waals surface area contributed by atoms with Gasteiger partial charge in [0.1, 0.15) is 0 Å². The molecule has 0 aromatic heterocycles. The molecule has 2 aromatic carbocycles. The number of amides is 1. The van der Waals surface area contributed by atoms with Crippen molar-refractivity contribution in [1.29, 1.82) is 0 Å². The van der Waals surface area contributed by atoms with Crippen molar-refractivity contribution in [3.8, 4) is 0 Å². The van der Waals surface area contributed by atoms with Crippen LogP contribution >= 0.6 is 23.7 Å². The first-order valence-corrected chi connectivity index (χ1v) is 12.2. The Morgan fingerprint density at radius 1 is 1.03 bits per heavy atom. The first-order chi connectivity index (χ1) is 14.9. The van der Waals surface area contributed by atoms with E-state index >= 15 is 0 Å². The molecule has 1 aliphatic heterocycles. The molecule has 1 amide bonds. The molecule has 0 radical (unpaired) electrons. The van der Waals surface area contributed by atoms with Gasteiger partial charge in [-0.2, -0.15) is 13.2 Å². The molecule has 168 valence electrons. The first-order valence-electron chi connectivity index (χ1n) is 10.4. The average Bonchev–Trinajstić information content (AvgIpc) is 2.78. The summed E-state index contributed by atoms with van der Waals surface area (Å²) in [5.74, 6) is -0.797. The number of likely N-dealkylation sites (tertiary alicyclic amines) is 1. The zero-order valence-corrected chi connectivity index (χ0v) is 19.1. The van der Waals surface area contributed by atoms with E-state index in [0.717, 1.165) is 28.5 Å². The Balaban J connectivity index is 1.53. The Hall–Kier alpha value is -1.64. The number of hydrogen-bond acceptors (Lipinski definition) is 4. The second-order valence-corrected chi connectivity index (χ2v) is 9.67. The fourth-order valence-electron chi connectivity index (χ4n) is 3.53. The minimum atomic E-state index is -4.79. The number of benzene rings is 2. The molecule has 1 saturated heterocycles. The summed E-state index contributed by atoms with van der Waals surface area (Å²) in [5.41, 5.74) is 1.29. The van der Waals surface area contributed by atoms with Gasteiger partial charge >= 0.3 is 12.1 Å². The number of carbonyl (C=O) groups excluding carboxylic acids is 1. The molecule has 0 unspecified atom stereocenters. The lowest BCUT2D eigenvalue weighted by molar-refractivity contribution is -0.186. The maximum Gasteiger partial charge on any atom is 0.471 e. The van der Waals surface area contributed by atoms with Crippen LogP contribution in [-0.4, -0.2) is 47.0 Å². The van der Waals surface area contributed by atoms with Crippen LogP contribution in [0.15, 0.2) is 64.4 Å². The summed E-state index contributed by atoms with van der Waals surface area (Å²) < 4.78 is 40.3. The highest BCUT2D eigenvalue weighted by Crippen LogP contribution is 2.32. The summed E-state index contributed by atoms with van der Waals surface area (Å²) in [4.78, 5) is 14.7. The van der Waals surface area contributed by atoms with Gasteiger partial charge in [0.15, 0.2) is 0 Å². The van der Waals surface area contributed by atoms with Gasteiger partial charge in [0, 0.05) is 41.2 Å². The Kier molecular flexibility index (Phi) is 8.75. The van der Waals surface area contributed by atoms with Crippen LogP contribution < -0.4 is 0 Å². The van der Waals surface area contributed by atoms with Crippen LogP contribution in [0, 0.1) is 0 Å². The summed E-state index contributed by atoms with van der Waals surface area (Å²) in [5, 5.41) is 0. The third-order valence-corrected chi connectivity index (χ3v) is 7.42. The number of hydrogen-bond donors (Lipinski definition) is 0. The zero-order valence-electron chi connectivity index (χ0n) is 17.5. The van der Waals surface area contributed by atoms with Crippen molar-refractivity contribution >= 4 is 29.6 Å². The van der Waals surface area contributed by atoms with Crippen molar-refractivity contribution in [2.24, 2.45) is 0 Å². The third kappa shape index (κ3) is 7.19. The van der Waals surface area contributed by atoms with Crippen molar-refractivity contribution in [3.05, 3.63) is 60.2 Å². The van der Waals surface area contributed by atoms with Gasteiger partial charge in [-0.1, -0.05) is 37.3 Å². The fourth-order valence-corrected chi connectivity index (χ4v) is 5.55. The van der Waals surface area contributed by atoms with E-state index in [-0.39, 0.29) is 19.1 Å². The SMILES string of the molecule is CCCN(Sc1ccc(SCc2ccccc2)cc1)C1CCN(C(=O)C(F)(F)F)CC1. The Bertz CT molecular complexity index is 823. The molecule has 0 saturated carbocycles. The number of halogens is 3. The molecule has 3 nitrogen and oxygen atoms in total. The third-order valence-electron chi connectivity index (χ3n) is 5.14. The maximum atomic E-state index is 12.7. The number of nitrogens with zero attached hydrogens (tertiary/aromatic N) is 2. The van der Waals surface area contributed by atoms with E-state index in [0.29, 0.717) is 12.8 Å². The summed E-state index contributed by atoms with van der Waals surface area (Å²) in [6.07, 6.45) is -2.72. The van der Waals surface area contributed by atoms with Gasteiger partial charge in [0.05, 0.1) is 0 Å². The molecule has 1 heterocycles. The number of carbonyl (C=O) groups is 1. The number of piperidine rings is 1. The topological polar surface area (TPSA) is 23.6 Å². The second-order valence-electron chi connectivity index (χ2n) is 7.50. The highest BCUT2D eigenvalue weighted by atomic mass is 32.2. The van der Waals surface area contributed by atoms with Gasteiger partial charge < -0.3 is 4.90 Å². The molecular formula is C23H27F3N2OS2. The van der Waals surface area contributed by atoms with Crippen LogP contribution in [-0.2, 0) is 10.5 Å². The summed E-state index contributed by atoms with van der Waals surface area (Å²) >= 11 is 3.45. The summed E-state index contributed by atoms with van der Waals surface area (Å²) in [7, 11) is 0. The van der Waals surface area contributed by atoms with Crippen molar-refractivity contribution < 1.29 is 18.0 Å². The number of alkyl halides is 3. The second kappa shape index (κ2) is 11.3. The molecule has 31 heavy (non-hydrogen) atoms. The highest BCUT2D eigenvalue weighted by Gasteiger charge is 2.43. The Morgan fingerprint density at radius 2 is 1.65 bits per heavy atom. The highest BCUT2D eigenvalue weighted by molar-refractivity contribution is 7.98. The van der Waals surface area contributed by atoms with Crippen LogP contribution in [0.4, 0.5) is 13.2 Å². The van der Waals surface area contributed by atoms with E-state index in [4.69, 9.17) is 0 Å². The van der Waals surface area contributed by atoms with E-state index in [1.165, 1.54) is 10.5 Å². The summed E-state index contributed by atoms with van der Waals surface area (Å²) in [6.45, 7) is 3.25. The van der Waals surface area contributed by atoms with Crippen molar-refractivity contribution in [2.45, 2.75) is 53.9 Å². The predicted octanol–water partition coefficient (Wildman–Crippen LogP) is 6.25. The molecule has 0 aliphatic carbocycles. The van der Waals surface area contributed by atoms with E-state index in [2.05, 4.69) is 47.6 Å². The first kappa shape index (κ1) is 24.0. The van der Waals surface area contributed by atoms with Crippen LogP contribution in [0.5, 0.6) is 0 Å². The number of rotatable bonds is 8. The van der Waals surface area contributed by atoms with Gasteiger partial charge in [-0.15, -0.1) is 11.8 Å². The molecule has 1 aliphatic rings. The largest absolute Gasteiger partial charge is 0.471 e. The van der Waals surface area contributed by atoms with Crippen molar-refractivity contribution in [1.82, 2.24) is 9.21 Å². The molecule has 3 rings (SSSR count). The van der Waals surface area contributed by atoms with E-state index < -0.39 is 12.1 Å². The van der Waals surface area contributed by atoms with Crippen LogP contribution in [0.3, 0.4) is 0 Å². The fraction of sp³-hybridized carbons (Fsp3) is 0.435. The minimum Gasteiger partial charge on any atom is -0.335 e. The van der Waals surface area contributed by atoms with E-state index in [1.54, 1.807) is 23.7 Å². The smallest absolute Gasteiger partial charge is 0.335 e. The van der Waals surface area contributed by atoms with Crippen LogP contribution in [0.2, 0.25) is 0 Å². The quantitative estimate of drug-likeness (QED) is 0.337. The lowest BCUT2D eigenvalue weighted by atomic mass is 10.0. The van der Waals surface area contributed by atoms with E-state index in [9.17, 15) is 18.0 Å². The van der Waals surface area contributed by atoms with Crippen molar-refractivity contribution in [2.75, 3.05) is 19.6 Å².